The maximum atomic E-state index is 12.1. The number of nitrogens with zero attached hydrogens (tertiary/aromatic N) is 2. The summed E-state index contributed by atoms with van der Waals surface area (Å²) in [5.41, 5.74) is 1.54. The van der Waals surface area contributed by atoms with Gasteiger partial charge in [-0.15, -0.1) is 0 Å². The minimum Gasteiger partial charge on any atom is -0.469 e. The average Bonchev–Trinajstić information content (AvgIpc) is 2.78. The summed E-state index contributed by atoms with van der Waals surface area (Å²) >= 11 is 0. The van der Waals surface area contributed by atoms with Crippen molar-refractivity contribution < 1.29 is 17.9 Å². The fourth-order valence-corrected chi connectivity index (χ4v) is 3.71. The van der Waals surface area contributed by atoms with E-state index >= 15 is 0 Å². The number of carbonyl (C=O) groups is 1. The van der Waals surface area contributed by atoms with Crippen molar-refractivity contribution in [2.45, 2.75) is 39.5 Å². The topological polar surface area (TPSA) is 78.3 Å². The van der Waals surface area contributed by atoms with Gasteiger partial charge in [0.25, 0.3) is 0 Å². The van der Waals surface area contributed by atoms with Gasteiger partial charge in [-0.2, -0.15) is 5.10 Å². The predicted molar refractivity (Wildman–Crippen MR) is 75.9 cm³/mol. The van der Waals surface area contributed by atoms with E-state index in [2.05, 4.69) is 9.84 Å². The molecule has 6 nitrogen and oxygen atoms in total. The van der Waals surface area contributed by atoms with Gasteiger partial charge in [-0.3, -0.25) is 9.48 Å². The quantitative estimate of drug-likeness (QED) is 0.707. The van der Waals surface area contributed by atoms with Gasteiger partial charge in [-0.05, 0) is 19.4 Å². The fraction of sp³-hybridized carbons (Fsp3) is 0.692. The summed E-state index contributed by atoms with van der Waals surface area (Å²) in [6.45, 7) is 6.06. The molecule has 0 radical (unpaired) electrons. The van der Waals surface area contributed by atoms with E-state index in [-0.39, 0.29) is 11.5 Å². The number of hydrogen-bond acceptors (Lipinski definition) is 5. The van der Waals surface area contributed by atoms with Crippen molar-refractivity contribution in [2.24, 2.45) is 5.92 Å². The largest absolute Gasteiger partial charge is 0.469 e. The van der Waals surface area contributed by atoms with Gasteiger partial charge < -0.3 is 4.74 Å². The average molecular weight is 302 g/mol. The van der Waals surface area contributed by atoms with Gasteiger partial charge in [0.2, 0.25) is 0 Å². The van der Waals surface area contributed by atoms with E-state index in [0.717, 1.165) is 12.1 Å². The zero-order valence-electron chi connectivity index (χ0n) is 12.4. The first-order chi connectivity index (χ1) is 9.32. The summed E-state index contributed by atoms with van der Waals surface area (Å²) in [5, 5.41) is 4.32. The minimum atomic E-state index is -3.38. The Balaban J connectivity index is 2.85. The maximum Gasteiger partial charge on any atom is 0.309 e. The minimum absolute atomic E-state index is 0.102. The first-order valence-corrected chi connectivity index (χ1v) is 8.48. The molecule has 0 saturated carbocycles. The molecule has 1 aromatic heterocycles. The van der Waals surface area contributed by atoms with Crippen LogP contribution in [0, 0.1) is 5.92 Å². The molecule has 20 heavy (non-hydrogen) atoms. The molecule has 1 unspecified atom stereocenters. The lowest BCUT2D eigenvalue weighted by molar-refractivity contribution is -0.144. The molecule has 0 aliphatic carbocycles. The molecular weight excluding hydrogens is 280 g/mol. The highest BCUT2D eigenvalue weighted by Gasteiger charge is 2.24. The van der Waals surface area contributed by atoms with Crippen LogP contribution >= 0.6 is 0 Å². The molecule has 0 aliphatic rings. The van der Waals surface area contributed by atoms with E-state index < -0.39 is 21.7 Å². The zero-order chi connectivity index (χ0) is 15.3. The molecular formula is C13H22N2O4S. The highest BCUT2D eigenvalue weighted by molar-refractivity contribution is 7.90. The van der Waals surface area contributed by atoms with Gasteiger partial charge in [0.1, 0.15) is 0 Å². The van der Waals surface area contributed by atoms with Gasteiger partial charge >= 0.3 is 5.97 Å². The number of esters is 1. The van der Waals surface area contributed by atoms with E-state index in [0.29, 0.717) is 12.2 Å². The van der Waals surface area contributed by atoms with Crippen molar-refractivity contribution in [3.05, 3.63) is 17.5 Å². The van der Waals surface area contributed by atoms with Crippen LogP contribution in [0.4, 0.5) is 0 Å². The fourth-order valence-electron chi connectivity index (χ4n) is 2.01. The molecule has 1 aromatic rings. The summed E-state index contributed by atoms with van der Waals surface area (Å²) in [6, 6.07) is 1.81. The number of sulfone groups is 1. The van der Waals surface area contributed by atoms with Crippen LogP contribution in [0.15, 0.2) is 6.07 Å². The van der Waals surface area contributed by atoms with Gasteiger partial charge in [-0.1, -0.05) is 13.8 Å². The molecule has 0 aliphatic heterocycles. The highest BCUT2D eigenvalue weighted by Crippen LogP contribution is 2.13. The van der Waals surface area contributed by atoms with Crippen LogP contribution < -0.4 is 0 Å². The smallest absolute Gasteiger partial charge is 0.309 e. The number of aryl methyl sites for hydroxylation is 2. The molecule has 1 rings (SSSR count). The Morgan fingerprint density at radius 2 is 2.10 bits per heavy atom. The molecule has 1 heterocycles. The third-order valence-electron chi connectivity index (χ3n) is 3.05. The predicted octanol–water partition coefficient (Wildman–Crippen LogP) is 1.19. The van der Waals surface area contributed by atoms with E-state index in [1.54, 1.807) is 11.6 Å². The van der Waals surface area contributed by atoms with Crippen LogP contribution in [0.1, 0.15) is 32.2 Å². The summed E-state index contributed by atoms with van der Waals surface area (Å²) in [4.78, 5) is 11.3. The number of rotatable bonds is 7. The van der Waals surface area contributed by atoms with E-state index in [4.69, 9.17) is 0 Å². The van der Waals surface area contributed by atoms with Crippen LogP contribution in [0.25, 0.3) is 0 Å². The number of ether oxygens (including phenoxy) is 1. The lowest BCUT2D eigenvalue weighted by Gasteiger charge is -2.10. The van der Waals surface area contributed by atoms with E-state index in [1.807, 2.05) is 19.9 Å². The van der Waals surface area contributed by atoms with E-state index in [9.17, 15) is 13.2 Å². The Kier molecular flexibility index (Phi) is 5.74. The molecule has 0 fully saturated rings. The van der Waals surface area contributed by atoms with Crippen LogP contribution in [0.5, 0.6) is 0 Å². The van der Waals surface area contributed by atoms with Crippen molar-refractivity contribution in [2.75, 3.05) is 12.9 Å². The molecule has 0 amide bonds. The number of methoxy groups -OCH3 is 1. The molecule has 1 atom stereocenters. The molecule has 0 saturated heterocycles. The molecule has 0 N–H and O–H groups in total. The Labute approximate surface area is 120 Å². The van der Waals surface area contributed by atoms with Gasteiger partial charge in [0.05, 0.1) is 35.9 Å². The Hall–Kier alpha value is -1.37. The SMILES string of the molecule is CCc1cc(CS(=O)(=O)CC(C)C(=O)OC)n(CC)n1. The second-order valence-corrected chi connectivity index (χ2v) is 6.88. The highest BCUT2D eigenvalue weighted by atomic mass is 32.2. The standard InChI is InChI=1S/C13H22N2O4S/c1-5-11-7-12(15(6-2)14-11)9-20(17,18)8-10(3)13(16)19-4/h7,10H,5-6,8-9H2,1-4H3. The van der Waals surface area contributed by atoms with Gasteiger partial charge in [0.15, 0.2) is 9.84 Å². The molecule has 114 valence electrons. The summed E-state index contributed by atoms with van der Waals surface area (Å²) in [7, 11) is -2.12. The van der Waals surface area contributed by atoms with Crippen molar-refractivity contribution >= 4 is 15.8 Å². The van der Waals surface area contributed by atoms with Gasteiger partial charge in [0, 0.05) is 6.54 Å². The van der Waals surface area contributed by atoms with Crippen LogP contribution in [0.3, 0.4) is 0 Å². The number of hydrogen-bond donors (Lipinski definition) is 0. The third kappa shape index (κ3) is 4.33. The lowest BCUT2D eigenvalue weighted by Crippen LogP contribution is -2.24. The molecule has 0 bridgehead atoms. The number of aromatic nitrogens is 2. The van der Waals surface area contributed by atoms with Crippen molar-refractivity contribution in [3.63, 3.8) is 0 Å². The van der Waals surface area contributed by atoms with Crippen molar-refractivity contribution in [1.29, 1.82) is 0 Å². The Morgan fingerprint density at radius 3 is 2.60 bits per heavy atom. The first-order valence-electron chi connectivity index (χ1n) is 6.66. The van der Waals surface area contributed by atoms with Crippen LogP contribution in [0.2, 0.25) is 0 Å². The van der Waals surface area contributed by atoms with Gasteiger partial charge in [-0.25, -0.2) is 8.42 Å². The van der Waals surface area contributed by atoms with Crippen molar-refractivity contribution in [1.82, 2.24) is 9.78 Å². The van der Waals surface area contributed by atoms with Crippen LogP contribution in [-0.4, -0.2) is 37.0 Å². The summed E-state index contributed by atoms with van der Waals surface area (Å²) in [6.07, 6.45) is 0.763. The Bertz CT molecular complexity index is 563. The molecule has 0 spiro atoms. The summed E-state index contributed by atoms with van der Waals surface area (Å²) in [5.74, 6) is -1.48. The zero-order valence-corrected chi connectivity index (χ0v) is 13.2. The normalized spacial score (nSPS) is 13.2. The second-order valence-electron chi connectivity index (χ2n) is 4.78. The van der Waals surface area contributed by atoms with Crippen LogP contribution in [-0.2, 0) is 38.1 Å². The lowest BCUT2D eigenvalue weighted by atomic mass is 10.2. The number of carbonyl (C=O) groups excluding carboxylic acids is 1. The molecule has 0 aromatic carbocycles. The summed E-state index contributed by atoms with van der Waals surface area (Å²) < 4.78 is 30.5. The Morgan fingerprint density at radius 1 is 1.45 bits per heavy atom. The second kappa shape index (κ2) is 6.88. The molecule has 7 heteroatoms. The first kappa shape index (κ1) is 16.7. The third-order valence-corrected chi connectivity index (χ3v) is 4.79. The monoisotopic (exact) mass is 302 g/mol. The maximum absolute atomic E-state index is 12.1. The van der Waals surface area contributed by atoms with Crippen molar-refractivity contribution in [3.8, 4) is 0 Å². The van der Waals surface area contributed by atoms with E-state index in [1.165, 1.54) is 7.11 Å².